The third kappa shape index (κ3) is 3.29. The molecule has 0 spiro atoms. The summed E-state index contributed by atoms with van der Waals surface area (Å²) in [5, 5.41) is 20.2. The summed E-state index contributed by atoms with van der Waals surface area (Å²) in [6, 6.07) is 12.2. The van der Waals surface area contributed by atoms with Gasteiger partial charge in [-0.2, -0.15) is 0 Å². The molecule has 3 aromatic rings. The van der Waals surface area contributed by atoms with Gasteiger partial charge in [0.05, 0.1) is 47.7 Å². The SMILES string of the molecule is OCC1(c2ccc(-c3nc4cc(C[C@H]5CO[C@H]6[C@@H]5OC[C@H]6O)[nH]c4cc3Cl)cc2)CC1. The Labute approximate surface area is 185 Å². The summed E-state index contributed by atoms with van der Waals surface area (Å²) < 4.78 is 11.5. The largest absolute Gasteiger partial charge is 0.395 e. The number of aliphatic hydroxyl groups excluding tert-OH is 2. The predicted octanol–water partition coefficient (Wildman–Crippen LogP) is 3.22. The predicted molar refractivity (Wildman–Crippen MR) is 117 cm³/mol. The molecule has 3 aliphatic rings. The summed E-state index contributed by atoms with van der Waals surface area (Å²) in [7, 11) is 0. The number of H-pyrrole nitrogens is 1. The highest BCUT2D eigenvalue weighted by molar-refractivity contribution is 6.33. The van der Waals surface area contributed by atoms with Crippen molar-refractivity contribution < 1.29 is 19.7 Å². The lowest BCUT2D eigenvalue weighted by molar-refractivity contribution is 0.0169. The lowest BCUT2D eigenvalue weighted by atomic mass is 9.95. The van der Waals surface area contributed by atoms with Crippen LogP contribution in [0.3, 0.4) is 0 Å². The number of nitrogens with zero attached hydrogens (tertiary/aromatic N) is 1. The van der Waals surface area contributed by atoms with Crippen LogP contribution in [0, 0.1) is 5.92 Å². The number of rotatable bonds is 5. The number of pyridine rings is 1. The Morgan fingerprint density at radius 1 is 1.10 bits per heavy atom. The van der Waals surface area contributed by atoms with Gasteiger partial charge in [-0.15, -0.1) is 0 Å². The van der Waals surface area contributed by atoms with Crippen LogP contribution in [0.5, 0.6) is 0 Å². The summed E-state index contributed by atoms with van der Waals surface area (Å²) in [4.78, 5) is 8.26. The van der Waals surface area contributed by atoms with Crippen molar-refractivity contribution in [3.05, 3.63) is 52.7 Å². The molecule has 0 amide bonds. The second-order valence-electron chi connectivity index (χ2n) is 9.19. The Morgan fingerprint density at radius 2 is 1.87 bits per heavy atom. The first-order chi connectivity index (χ1) is 15.1. The minimum atomic E-state index is -0.528. The quantitative estimate of drug-likeness (QED) is 0.567. The smallest absolute Gasteiger partial charge is 0.112 e. The Morgan fingerprint density at radius 3 is 2.61 bits per heavy atom. The fourth-order valence-corrected chi connectivity index (χ4v) is 5.35. The molecule has 3 fully saturated rings. The van der Waals surface area contributed by atoms with Crippen molar-refractivity contribution >= 4 is 22.6 Å². The van der Waals surface area contributed by atoms with Gasteiger partial charge in [-0.05, 0) is 37.0 Å². The van der Waals surface area contributed by atoms with Crippen molar-refractivity contribution in [1.29, 1.82) is 0 Å². The molecule has 4 atom stereocenters. The number of fused-ring (bicyclic) bond motifs is 2. The van der Waals surface area contributed by atoms with Crippen LogP contribution in [0.25, 0.3) is 22.3 Å². The van der Waals surface area contributed by atoms with E-state index in [0.29, 0.717) is 18.2 Å². The first kappa shape index (κ1) is 19.7. The van der Waals surface area contributed by atoms with Gasteiger partial charge in [0.1, 0.15) is 12.2 Å². The first-order valence-corrected chi connectivity index (χ1v) is 11.3. The van der Waals surface area contributed by atoms with Crippen LogP contribution in [0.15, 0.2) is 36.4 Å². The molecule has 2 aromatic heterocycles. The molecule has 3 N–H and O–H groups in total. The van der Waals surface area contributed by atoms with Crippen LogP contribution in [0.1, 0.15) is 24.1 Å². The van der Waals surface area contributed by atoms with Crippen molar-refractivity contribution in [3.8, 4) is 11.3 Å². The fourth-order valence-electron chi connectivity index (χ4n) is 5.09. The molecular weight excluding hydrogens is 416 g/mol. The first-order valence-electron chi connectivity index (χ1n) is 10.9. The van der Waals surface area contributed by atoms with Crippen LogP contribution < -0.4 is 0 Å². The molecule has 6 rings (SSSR count). The Balaban J connectivity index is 1.26. The van der Waals surface area contributed by atoms with Crippen molar-refractivity contribution in [1.82, 2.24) is 9.97 Å². The van der Waals surface area contributed by atoms with Gasteiger partial charge >= 0.3 is 0 Å². The average molecular weight is 441 g/mol. The standard InChI is InChI=1S/C24H25ClN2O4/c25-17-9-19-18(8-16(26-19)7-14-10-30-23-20(29)11-31-22(14)23)27-21(17)13-1-3-15(4-2-13)24(12-28)5-6-24/h1-4,8-9,14,20,22-23,26,28-29H,5-7,10-12H2/t14-,20+,22+,23+/m0/s1. The lowest BCUT2D eigenvalue weighted by Crippen LogP contribution is -2.29. The Hall–Kier alpha value is -1.96. The van der Waals surface area contributed by atoms with E-state index in [4.69, 9.17) is 26.1 Å². The van der Waals surface area contributed by atoms with Crippen LogP contribution in [0.2, 0.25) is 5.02 Å². The van der Waals surface area contributed by atoms with Crippen molar-refractivity contribution in [2.45, 2.75) is 43.0 Å². The molecule has 162 valence electrons. The van der Waals surface area contributed by atoms with E-state index in [1.54, 1.807) is 0 Å². The third-order valence-corrected chi connectivity index (χ3v) is 7.44. The molecule has 1 aliphatic carbocycles. The minimum Gasteiger partial charge on any atom is -0.395 e. The second-order valence-corrected chi connectivity index (χ2v) is 9.60. The van der Waals surface area contributed by atoms with Crippen LogP contribution in [0.4, 0.5) is 0 Å². The molecule has 6 nitrogen and oxygen atoms in total. The molecule has 2 saturated heterocycles. The summed E-state index contributed by atoms with van der Waals surface area (Å²) in [6.07, 6.45) is 2.06. The van der Waals surface area contributed by atoms with Crippen molar-refractivity contribution in [3.63, 3.8) is 0 Å². The van der Waals surface area contributed by atoms with E-state index in [-0.39, 0.29) is 30.1 Å². The van der Waals surface area contributed by atoms with Gasteiger partial charge in [-0.25, -0.2) is 4.98 Å². The van der Waals surface area contributed by atoms with E-state index in [1.165, 1.54) is 5.56 Å². The van der Waals surface area contributed by atoms with Gasteiger partial charge in [0, 0.05) is 22.6 Å². The number of halogens is 1. The Kier molecular flexibility index (Phi) is 4.63. The average Bonchev–Trinajstić information content (AvgIpc) is 3.12. The van der Waals surface area contributed by atoms with Gasteiger partial charge in [-0.3, -0.25) is 0 Å². The highest BCUT2D eigenvalue weighted by Gasteiger charge is 2.47. The van der Waals surface area contributed by atoms with Gasteiger partial charge in [-0.1, -0.05) is 35.9 Å². The maximum Gasteiger partial charge on any atom is 0.112 e. The van der Waals surface area contributed by atoms with Gasteiger partial charge in [0.2, 0.25) is 0 Å². The van der Waals surface area contributed by atoms with E-state index in [1.807, 2.05) is 18.2 Å². The molecule has 0 radical (unpaired) electrons. The second kappa shape index (κ2) is 7.29. The van der Waals surface area contributed by atoms with Crippen LogP contribution in [-0.4, -0.2) is 58.3 Å². The molecule has 1 aromatic carbocycles. The Bertz CT molecular complexity index is 1120. The number of nitrogens with one attached hydrogen (secondary N) is 1. The summed E-state index contributed by atoms with van der Waals surface area (Å²) in [5.41, 5.74) is 5.69. The van der Waals surface area contributed by atoms with E-state index >= 15 is 0 Å². The summed E-state index contributed by atoms with van der Waals surface area (Å²) in [6.45, 7) is 1.13. The van der Waals surface area contributed by atoms with E-state index in [2.05, 4.69) is 23.2 Å². The number of aromatic nitrogens is 2. The maximum absolute atomic E-state index is 9.95. The van der Waals surface area contributed by atoms with E-state index in [0.717, 1.165) is 47.2 Å². The molecule has 4 heterocycles. The normalized spacial score (nSPS) is 28.9. The maximum atomic E-state index is 9.95. The van der Waals surface area contributed by atoms with Crippen LogP contribution in [-0.2, 0) is 21.3 Å². The number of ether oxygens (including phenoxy) is 2. The molecule has 0 unspecified atom stereocenters. The molecular formula is C24H25ClN2O4. The zero-order valence-electron chi connectivity index (χ0n) is 17.1. The zero-order valence-corrected chi connectivity index (χ0v) is 17.8. The lowest BCUT2D eigenvalue weighted by Gasteiger charge is -2.14. The van der Waals surface area contributed by atoms with Crippen LogP contribution >= 0.6 is 11.6 Å². The molecule has 2 aliphatic heterocycles. The van der Waals surface area contributed by atoms with Gasteiger partial charge in [0.15, 0.2) is 0 Å². The molecule has 31 heavy (non-hydrogen) atoms. The number of hydrogen-bond donors (Lipinski definition) is 3. The van der Waals surface area contributed by atoms with Gasteiger partial charge in [0.25, 0.3) is 0 Å². The minimum absolute atomic E-state index is 0.0444. The highest BCUT2D eigenvalue weighted by Crippen LogP contribution is 2.48. The molecule has 1 saturated carbocycles. The van der Waals surface area contributed by atoms with E-state index < -0.39 is 6.10 Å². The summed E-state index contributed by atoms with van der Waals surface area (Å²) in [5.74, 6) is 0.207. The fraction of sp³-hybridized carbons (Fsp3) is 0.458. The van der Waals surface area contributed by atoms with Crippen molar-refractivity contribution in [2.75, 3.05) is 19.8 Å². The molecule has 0 bridgehead atoms. The topological polar surface area (TPSA) is 87.6 Å². The number of hydrogen-bond acceptors (Lipinski definition) is 5. The molecule has 7 heteroatoms. The van der Waals surface area contributed by atoms with Crippen molar-refractivity contribution in [2.24, 2.45) is 5.92 Å². The van der Waals surface area contributed by atoms with Gasteiger partial charge < -0.3 is 24.7 Å². The number of benzene rings is 1. The highest BCUT2D eigenvalue weighted by atomic mass is 35.5. The summed E-state index contributed by atoms with van der Waals surface area (Å²) >= 11 is 6.59. The van der Waals surface area contributed by atoms with E-state index in [9.17, 15) is 10.2 Å². The number of aliphatic hydroxyl groups is 2. The third-order valence-electron chi connectivity index (χ3n) is 7.15. The number of aromatic amines is 1. The zero-order chi connectivity index (χ0) is 21.2. The monoisotopic (exact) mass is 440 g/mol.